The molecule has 3 amide bonds. The molecule has 2 aromatic rings. The first-order chi connectivity index (χ1) is 25.3. The number of benzene rings is 2. The van der Waals surface area contributed by atoms with Gasteiger partial charge in [-0.1, -0.05) is 80.9 Å². The number of hydrogen-bond acceptors (Lipinski definition) is 8. The second-order valence-electron chi connectivity index (χ2n) is 14.6. The van der Waals surface area contributed by atoms with Gasteiger partial charge in [0.05, 0.1) is 17.7 Å². The highest BCUT2D eigenvalue weighted by molar-refractivity contribution is 7.89. The Labute approximate surface area is 316 Å². The minimum atomic E-state index is -3.36. The van der Waals surface area contributed by atoms with Gasteiger partial charge >= 0.3 is 0 Å². The van der Waals surface area contributed by atoms with Crippen molar-refractivity contribution in [3.8, 4) is 0 Å². The SMILES string of the molecule is CCS(=O)(=O)NC1CCN(C(=O)[C@@H](CCCCN)CC(=O)[C@@H](CC(C)C)NC(=O)[C@H](CC(=O)N(CCN)Cc2ccccc2)Cc2ccccc2)CC1. The van der Waals surface area contributed by atoms with E-state index in [-0.39, 0.29) is 60.6 Å². The van der Waals surface area contributed by atoms with Crippen LogP contribution in [0, 0.1) is 17.8 Å². The average Bonchev–Trinajstić information content (AvgIpc) is 3.14. The van der Waals surface area contributed by atoms with Crippen LogP contribution in [-0.4, -0.2) is 92.3 Å². The van der Waals surface area contributed by atoms with E-state index in [2.05, 4.69) is 10.0 Å². The van der Waals surface area contributed by atoms with Crippen LogP contribution in [0.4, 0.5) is 0 Å². The van der Waals surface area contributed by atoms with Gasteiger partial charge in [-0.15, -0.1) is 0 Å². The number of carbonyl (C=O) groups excluding carboxylic acids is 4. The first kappa shape index (κ1) is 43.8. The quantitative estimate of drug-likeness (QED) is 0.125. The molecule has 1 saturated heterocycles. The number of ketones is 1. The fourth-order valence-electron chi connectivity index (χ4n) is 6.83. The second-order valence-corrected chi connectivity index (χ2v) is 16.7. The lowest BCUT2D eigenvalue weighted by atomic mass is 9.88. The van der Waals surface area contributed by atoms with Crippen molar-refractivity contribution in [2.24, 2.45) is 29.2 Å². The van der Waals surface area contributed by atoms with E-state index in [0.717, 1.165) is 11.1 Å². The number of hydrogen-bond donors (Lipinski definition) is 4. The van der Waals surface area contributed by atoms with Crippen molar-refractivity contribution in [1.82, 2.24) is 19.8 Å². The molecule has 1 aliphatic rings. The summed E-state index contributed by atoms with van der Waals surface area (Å²) in [5.41, 5.74) is 13.5. The predicted octanol–water partition coefficient (Wildman–Crippen LogP) is 3.39. The molecule has 0 saturated carbocycles. The number of nitrogens with two attached hydrogens (primary N) is 2. The van der Waals surface area contributed by atoms with Crippen LogP contribution >= 0.6 is 0 Å². The number of nitrogens with one attached hydrogen (secondary N) is 2. The molecule has 294 valence electrons. The van der Waals surface area contributed by atoms with E-state index in [1.807, 2.05) is 74.5 Å². The highest BCUT2D eigenvalue weighted by Crippen LogP contribution is 2.23. The summed E-state index contributed by atoms with van der Waals surface area (Å²) in [6, 6.07) is 18.1. The van der Waals surface area contributed by atoms with Crippen LogP contribution in [-0.2, 0) is 42.2 Å². The predicted molar refractivity (Wildman–Crippen MR) is 209 cm³/mol. The first-order valence-electron chi connectivity index (χ1n) is 19.2. The smallest absolute Gasteiger partial charge is 0.226 e. The maximum Gasteiger partial charge on any atom is 0.226 e. The Kier molecular flexibility index (Phi) is 18.6. The molecule has 2 aromatic carbocycles. The molecule has 1 aliphatic heterocycles. The lowest BCUT2D eigenvalue weighted by Gasteiger charge is -2.34. The molecule has 6 N–H and O–H groups in total. The third kappa shape index (κ3) is 15.3. The number of carbonyl (C=O) groups is 4. The molecule has 1 heterocycles. The van der Waals surface area contributed by atoms with Crippen molar-refractivity contribution in [2.45, 2.75) is 97.2 Å². The zero-order valence-corrected chi connectivity index (χ0v) is 32.7. The fraction of sp³-hybridized carbons (Fsp3) is 0.600. The standard InChI is InChI=1S/C40H62N6O6S/c1-4-53(51,52)44-35-18-22-45(23-19-35)40(50)33(17-11-12-20-41)27-37(47)36(25-30(2)3)43-39(49)34(26-31-13-7-5-8-14-31)28-38(48)46(24-21-42)29-32-15-9-6-10-16-32/h5-10,13-16,30,33-36,44H,4,11-12,17-29,41-42H2,1-3H3,(H,43,49)/t33-,34-,36+/m0/s1. The maximum absolute atomic E-state index is 14.2. The molecule has 53 heavy (non-hydrogen) atoms. The van der Waals surface area contributed by atoms with E-state index in [1.54, 1.807) is 16.7 Å². The molecular formula is C40H62N6O6S. The highest BCUT2D eigenvalue weighted by Gasteiger charge is 2.34. The molecule has 0 aliphatic carbocycles. The van der Waals surface area contributed by atoms with Crippen LogP contribution in [0.3, 0.4) is 0 Å². The molecular weight excluding hydrogens is 693 g/mol. The van der Waals surface area contributed by atoms with Gasteiger partial charge in [-0.3, -0.25) is 19.2 Å². The summed E-state index contributed by atoms with van der Waals surface area (Å²) in [7, 11) is -3.36. The van der Waals surface area contributed by atoms with E-state index in [9.17, 15) is 27.6 Å². The molecule has 3 atom stereocenters. The number of Topliss-reactive ketones (excluding diaryl/α,β-unsaturated/α-hetero) is 1. The molecule has 3 rings (SSSR count). The van der Waals surface area contributed by atoms with E-state index in [4.69, 9.17) is 11.5 Å². The van der Waals surface area contributed by atoms with E-state index in [0.29, 0.717) is 77.7 Å². The maximum atomic E-state index is 14.2. The number of sulfonamides is 1. The lowest BCUT2D eigenvalue weighted by Crippen LogP contribution is -2.49. The number of likely N-dealkylation sites (tertiary alicyclic amines) is 1. The Morgan fingerprint density at radius 3 is 2.06 bits per heavy atom. The Balaban J connectivity index is 1.78. The number of nitrogens with zero attached hydrogens (tertiary/aromatic N) is 2. The zero-order valence-electron chi connectivity index (χ0n) is 31.9. The fourth-order valence-corrected chi connectivity index (χ4v) is 7.74. The van der Waals surface area contributed by atoms with Gasteiger partial charge in [-0.2, -0.15) is 0 Å². The summed E-state index contributed by atoms with van der Waals surface area (Å²) in [6.45, 7) is 7.79. The van der Waals surface area contributed by atoms with Crippen LogP contribution in [0.5, 0.6) is 0 Å². The molecule has 12 nitrogen and oxygen atoms in total. The number of piperidine rings is 1. The van der Waals surface area contributed by atoms with E-state index >= 15 is 0 Å². The highest BCUT2D eigenvalue weighted by atomic mass is 32.2. The molecule has 0 radical (unpaired) electrons. The summed E-state index contributed by atoms with van der Waals surface area (Å²) in [5, 5.41) is 3.02. The second kappa shape index (κ2) is 22.5. The largest absolute Gasteiger partial charge is 0.346 e. The average molecular weight is 755 g/mol. The third-order valence-corrected chi connectivity index (χ3v) is 11.3. The number of rotatable bonds is 23. The summed E-state index contributed by atoms with van der Waals surface area (Å²) in [4.78, 5) is 59.3. The van der Waals surface area contributed by atoms with Crippen LogP contribution in [0.2, 0.25) is 0 Å². The Morgan fingerprint density at radius 1 is 0.868 bits per heavy atom. The minimum Gasteiger partial charge on any atom is -0.346 e. The summed E-state index contributed by atoms with van der Waals surface area (Å²) >= 11 is 0. The van der Waals surface area contributed by atoms with Gasteiger partial charge in [-0.05, 0) is 69.0 Å². The van der Waals surface area contributed by atoms with Crippen LogP contribution < -0.4 is 21.5 Å². The number of unbranched alkanes of at least 4 members (excludes halogenated alkanes) is 1. The number of amides is 3. The van der Waals surface area contributed by atoms with E-state index < -0.39 is 27.9 Å². The van der Waals surface area contributed by atoms with Crippen molar-refractivity contribution in [1.29, 1.82) is 0 Å². The molecule has 0 unspecified atom stereocenters. The lowest BCUT2D eigenvalue weighted by molar-refractivity contribution is -0.140. The van der Waals surface area contributed by atoms with Crippen molar-refractivity contribution in [3.63, 3.8) is 0 Å². The van der Waals surface area contributed by atoms with Crippen LogP contribution in [0.15, 0.2) is 60.7 Å². The van der Waals surface area contributed by atoms with Crippen molar-refractivity contribution >= 4 is 33.5 Å². The topological polar surface area (TPSA) is 185 Å². The molecule has 0 bridgehead atoms. The van der Waals surface area contributed by atoms with Crippen molar-refractivity contribution < 1.29 is 27.6 Å². The Morgan fingerprint density at radius 2 is 1.49 bits per heavy atom. The van der Waals surface area contributed by atoms with Gasteiger partial charge < -0.3 is 26.6 Å². The van der Waals surface area contributed by atoms with Crippen LogP contribution in [0.25, 0.3) is 0 Å². The van der Waals surface area contributed by atoms with E-state index in [1.165, 1.54) is 0 Å². The van der Waals surface area contributed by atoms with Gasteiger partial charge in [-0.25, -0.2) is 13.1 Å². The summed E-state index contributed by atoms with van der Waals surface area (Å²) < 4.78 is 26.9. The van der Waals surface area contributed by atoms with Crippen LogP contribution in [0.1, 0.15) is 83.3 Å². The molecule has 0 aromatic heterocycles. The summed E-state index contributed by atoms with van der Waals surface area (Å²) in [5.74, 6) is -2.19. The molecule has 1 fully saturated rings. The zero-order chi connectivity index (χ0) is 38.8. The normalized spacial score (nSPS) is 15.5. The van der Waals surface area contributed by atoms with Gasteiger partial charge in [0.2, 0.25) is 27.7 Å². The third-order valence-electron chi connectivity index (χ3n) is 9.83. The van der Waals surface area contributed by atoms with Gasteiger partial charge in [0.1, 0.15) is 0 Å². The van der Waals surface area contributed by atoms with Crippen molar-refractivity contribution in [3.05, 3.63) is 71.8 Å². The van der Waals surface area contributed by atoms with Gasteiger partial charge in [0.15, 0.2) is 5.78 Å². The summed E-state index contributed by atoms with van der Waals surface area (Å²) in [6.07, 6.45) is 3.48. The van der Waals surface area contributed by atoms with Gasteiger partial charge in [0, 0.05) is 57.5 Å². The van der Waals surface area contributed by atoms with Gasteiger partial charge in [0.25, 0.3) is 0 Å². The Bertz CT molecular complexity index is 1530. The minimum absolute atomic E-state index is 0.00411. The monoisotopic (exact) mass is 754 g/mol. The van der Waals surface area contributed by atoms with Crippen molar-refractivity contribution in [2.75, 3.05) is 38.5 Å². The Hall–Kier alpha value is -3.65. The first-order valence-corrected chi connectivity index (χ1v) is 20.9. The molecule has 13 heteroatoms. The molecule has 0 spiro atoms.